The van der Waals surface area contributed by atoms with Crippen LogP contribution in [-0.2, 0) is 5.33 Å². The predicted octanol–water partition coefficient (Wildman–Crippen LogP) is 3.04. The summed E-state index contributed by atoms with van der Waals surface area (Å²) in [5.74, 6) is 0.911. The quantitative estimate of drug-likeness (QED) is 0.841. The van der Waals surface area contributed by atoms with Gasteiger partial charge in [0.1, 0.15) is 17.6 Å². The number of aromatic hydroxyl groups is 1. The number of ether oxygens (including phenoxy) is 1. The summed E-state index contributed by atoms with van der Waals surface area (Å²) in [6.07, 6.45) is 1.33. The number of furan rings is 1. The van der Waals surface area contributed by atoms with Gasteiger partial charge < -0.3 is 14.3 Å². The van der Waals surface area contributed by atoms with Gasteiger partial charge in [-0.2, -0.15) is 0 Å². The van der Waals surface area contributed by atoms with Crippen molar-refractivity contribution in [3.63, 3.8) is 0 Å². The number of rotatable bonds is 2. The van der Waals surface area contributed by atoms with E-state index in [2.05, 4.69) is 15.9 Å². The van der Waals surface area contributed by atoms with E-state index in [-0.39, 0.29) is 5.75 Å². The Bertz CT molecular complexity index is 462. The zero-order valence-corrected chi connectivity index (χ0v) is 9.17. The standard InChI is InChI=1S/C10H9BrO3/c1-13-9-3-2-6-8(12)5-14-10(6)7(9)4-11/h2-3,5,12H,4H2,1H3. The lowest BCUT2D eigenvalue weighted by Crippen LogP contribution is -1.89. The molecule has 0 saturated heterocycles. The average Bonchev–Trinajstić information content (AvgIpc) is 2.59. The van der Waals surface area contributed by atoms with Gasteiger partial charge in [-0.3, -0.25) is 0 Å². The third-order valence-corrected chi connectivity index (χ3v) is 2.70. The largest absolute Gasteiger partial charge is 0.504 e. The van der Waals surface area contributed by atoms with E-state index in [9.17, 15) is 5.11 Å². The fourth-order valence-electron chi connectivity index (χ4n) is 1.44. The minimum atomic E-state index is 0.157. The van der Waals surface area contributed by atoms with Crippen molar-refractivity contribution in [3.05, 3.63) is 24.0 Å². The molecule has 0 spiro atoms. The highest BCUT2D eigenvalue weighted by atomic mass is 79.9. The minimum absolute atomic E-state index is 0.157. The van der Waals surface area contributed by atoms with Crippen LogP contribution in [0.5, 0.6) is 11.5 Å². The molecule has 1 aromatic carbocycles. The van der Waals surface area contributed by atoms with E-state index in [1.54, 1.807) is 13.2 Å². The van der Waals surface area contributed by atoms with Gasteiger partial charge in [0.25, 0.3) is 0 Å². The van der Waals surface area contributed by atoms with Gasteiger partial charge in [-0.05, 0) is 12.1 Å². The molecule has 2 rings (SSSR count). The lowest BCUT2D eigenvalue weighted by molar-refractivity contribution is 0.411. The van der Waals surface area contributed by atoms with E-state index < -0.39 is 0 Å². The Morgan fingerprint density at radius 1 is 1.50 bits per heavy atom. The molecule has 0 radical (unpaired) electrons. The number of benzene rings is 1. The third kappa shape index (κ3) is 1.26. The lowest BCUT2D eigenvalue weighted by atomic mass is 10.1. The molecule has 14 heavy (non-hydrogen) atoms. The normalized spacial score (nSPS) is 10.7. The maximum absolute atomic E-state index is 9.44. The summed E-state index contributed by atoms with van der Waals surface area (Å²) in [7, 11) is 1.61. The van der Waals surface area contributed by atoms with Crippen molar-refractivity contribution in [3.8, 4) is 11.5 Å². The van der Waals surface area contributed by atoms with E-state index in [0.717, 1.165) is 11.3 Å². The Labute approximate surface area is 89.4 Å². The molecule has 3 nitrogen and oxygen atoms in total. The summed E-state index contributed by atoms with van der Waals surface area (Å²) < 4.78 is 10.4. The Hall–Kier alpha value is -1.16. The first-order valence-electron chi connectivity index (χ1n) is 4.10. The first kappa shape index (κ1) is 9.40. The lowest BCUT2D eigenvalue weighted by Gasteiger charge is -2.05. The zero-order valence-electron chi connectivity index (χ0n) is 7.58. The highest BCUT2D eigenvalue weighted by Gasteiger charge is 2.12. The van der Waals surface area contributed by atoms with E-state index >= 15 is 0 Å². The predicted molar refractivity (Wildman–Crippen MR) is 57.1 cm³/mol. The van der Waals surface area contributed by atoms with E-state index in [1.165, 1.54) is 6.26 Å². The Balaban J connectivity index is 2.77. The fourth-order valence-corrected chi connectivity index (χ4v) is 1.97. The zero-order chi connectivity index (χ0) is 10.1. The molecule has 0 unspecified atom stereocenters. The van der Waals surface area contributed by atoms with Crippen LogP contribution in [0.2, 0.25) is 0 Å². The molecule has 2 aromatic rings. The molecular formula is C10H9BrO3. The summed E-state index contributed by atoms with van der Waals surface area (Å²) in [5, 5.41) is 10.8. The van der Waals surface area contributed by atoms with Crippen LogP contribution in [0, 0.1) is 0 Å². The van der Waals surface area contributed by atoms with Gasteiger partial charge in [0.15, 0.2) is 5.75 Å². The van der Waals surface area contributed by atoms with E-state index in [1.807, 2.05) is 6.07 Å². The second kappa shape index (κ2) is 3.53. The van der Waals surface area contributed by atoms with Crippen LogP contribution in [-0.4, -0.2) is 12.2 Å². The van der Waals surface area contributed by atoms with Crippen molar-refractivity contribution >= 4 is 26.9 Å². The highest BCUT2D eigenvalue weighted by Crippen LogP contribution is 2.35. The SMILES string of the molecule is COc1ccc2c(O)coc2c1CBr. The molecule has 0 amide bonds. The topological polar surface area (TPSA) is 42.6 Å². The van der Waals surface area contributed by atoms with Gasteiger partial charge in [-0.1, -0.05) is 15.9 Å². The van der Waals surface area contributed by atoms with Gasteiger partial charge in [-0.15, -0.1) is 0 Å². The molecule has 1 aromatic heterocycles. The fraction of sp³-hybridized carbons (Fsp3) is 0.200. The van der Waals surface area contributed by atoms with Crippen LogP contribution in [0.4, 0.5) is 0 Å². The average molecular weight is 257 g/mol. The number of methoxy groups -OCH3 is 1. The molecule has 1 N–H and O–H groups in total. The van der Waals surface area contributed by atoms with Gasteiger partial charge in [0, 0.05) is 10.9 Å². The molecule has 0 atom stereocenters. The number of halogens is 1. The Kier molecular flexibility index (Phi) is 2.37. The second-order valence-corrected chi connectivity index (χ2v) is 3.44. The van der Waals surface area contributed by atoms with Crippen molar-refractivity contribution in [2.24, 2.45) is 0 Å². The molecular weight excluding hydrogens is 248 g/mol. The number of alkyl halides is 1. The van der Waals surface area contributed by atoms with Gasteiger partial charge in [-0.25, -0.2) is 0 Å². The van der Waals surface area contributed by atoms with Crippen molar-refractivity contribution in [1.29, 1.82) is 0 Å². The van der Waals surface area contributed by atoms with Crippen molar-refractivity contribution in [1.82, 2.24) is 0 Å². The number of hydrogen-bond donors (Lipinski definition) is 1. The maximum Gasteiger partial charge on any atom is 0.161 e. The van der Waals surface area contributed by atoms with E-state index in [4.69, 9.17) is 9.15 Å². The third-order valence-electron chi connectivity index (χ3n) is 2.14. The van der Waals surface area contributed by atoms with Crippen molar-refractivity contribution in [2.75, 3.05) is 7.11 Å². The maximum atomic E-state index is 9.44. The molecule has 0 saturated carbocycles. The smallest absolute Gasteiger partial charge is 0.161 e. The van der Waals surface area contributed by atoms with Gasteiger partial charge in [0.05, 0.1) is 12.5 Å². The molecule has 0 aliphatic carbocycles. The molecule has 4 heteroatoms. The van der Waals surface area contributed by atoms with Crippen LogP contribution in [0.1, 0.15) is 5.56 Å². The summed E-state index contributed by atoms with van der Waals surface area (Å²) >= 11 is 3.36. The van der Waals surface area contributed by atoms with Crippen LogP contribution in [0.25, 0.3) is 11.0 Å². The molecule has 0 fully saturated rings. The molecule has 0 aliphatic heterocycles. The summed E-state index contributed by atoms with van der Waals surface area (Å²) in [6.45, 7) is 0. The summed E-state index contributed by atoms with van der Waals surface area (Å²) in [6, 6.07) is 3.59. The van der Waals surface area contributed by atoms with Crippen LogP contribution in [0.3, 0.4) is 0 Å². The van der Waals surface area contributed by atoms with Gasteiger partial charge >= 0.3 is 0 Å². The molecule has 0 aliphatic rings. The monoisotopic (exact) mass is 256 g/mol. The minimum Gasteiger partial charge on any atom is -0.504 e. The Morgan fingerprint density at radius 3 is 2.93 bits per heavy atom. The van der Waals surface area contributed by atoms with E-state index in [0.29, 0.717) is 16.3 Å². The van der Waals surface area contributed by atoms with Crippen molar-refractivity contribution in [2.45, 2.75) is 5.33 Å². The molecule has 1 heterocycles. The van der Waals surface area contributed by atoms with Crippen molar-refractivity contribution < 1.29 is 14.3 Å². The van der Waals surface area contributed by atoms with Crippen LogP contribution in [0.15, 0.2) is 22.8 Å². The Morgan fingerprint density at radius 2 is 2.29 bits per heavy atom. The number of hydrogen-bond acceptors (Lipinski definition) is 3. The molecule has 74 valence electrons. The first-order valence-corrected chi connectivity index (χ1v) is 5.22. The molecule has 0 bridgehead atoms. The van der Waals surface area contributed by atoms with Crippen LogP contribution < -0.4 is 4.74 Å². The second-order valence-electron chi connectivity index (χ2n) is 2.88. The summed E-state index contributed by atoms with van der Waals surface area (Å²) in [4.78, 5) is 0. The first-order chi connectivity index (χ1) is 6.77. The summed E-state index contributed by atoms with van der Waals surface area (Å²) in [5.41, 5.74) is 1.57. The number of fused-ring (bicyclic) bond motifs is 1. The van der Waals surface area contributed by atoms with Crippen LogP contribution >= 0.6 is 15.9 Å². The van der Waals surface area contributed by atoms with Gasteiger partial charge in [0.2, 0.25) is 0 Å². The highest BCUT2D eigenvalue weighted by molar-refractivity contribution is 9.08.